The Balaban J connectivity index is 1.41. The fourth-order valence-corrected chi connectivity index (χ4v) is 5.61. The van der Waals surface area contributed by atoms with Crippen molar-refractivity contribution in [3.63, 3.8) is 0 Å². The van der Waals surface area contributed by atoms with Crippen molar-refractivity contribution < 1.29 is 22.8 Å². The normalized spacial score (nSPS) is 21.5. The number of carbonyl (C=O) groups is 2. The molecular weight excluding hydrogens is 459 g/mol. The van der Waals surface area contributed by atoms with E-state index >= 15 is 0 Å². The molecule has 2 N–H and O–H groups in total. The molecule has 3 heterocycles. The average molecular weight is 490 g/mol. The Morgan fingerprint density at radius 1 is 1.03 bits per heavy atom. The van der Waals surface area contributed by atoms with Gasteiger partial charge in [0.05, 0.1) is 41.6 Å². The first-order chi connectivity index (χ1) is 16.8. The van der Waals surface area contributed by atoms with E-state index in [2.05, 4.69) is 5.10 Å². The van der Waals surface area contributed by atoms with E-state index in [1.807, 2.05) is 4.68 Å². The highest BCUT2D eigenvalue weighted by Gasteiger charge is 2.41. The van der Waals surface area contributed by atoms with Crippen LogP contribution in [0.3, 0.4) is 0 Å². The van der Waals surface area contributed by atoms with Gasteiger partial charge in [0.15, 0.2) is 0 Å². The second-order valence-electron chi connectivity index (χ2n) is 9.72. The number of alkyl halides is 3. The molecule has 1 saturated carbocycles. The molecule has 1 unspecified atom stereocenters. The van der Waals surface area contributed by atoms with Crippen LogP contribution in [0, 0.1) is 0 Å². The fourth-order valence-electron chi connectivity index (χ4n) is 5.61. The first-order valence-electron chi connectivity index (χ1n) is 12.3. The maximum atomic E-state index is 13.7. The Bertz CT molecular complexity index is 1100. The molecule has 2 amide bonds. The van der Waals surface area contributed by atoms with Gasteiger partial charge in [0.25, 0.3) is 5.91 Å². The van der Waals surface area contributed by atoms with Gasteiger partial charge in [0.1, 0.15) is 0 Å². The average Bonchev–Trinajstić information content (AvgIpc) is 3.40. The summed E-state index contributed by atoms with van der Waals surface area (Å²) < 4.78 is 43.0. The lowest BCUT2D eigenvalue weighted by Gasteiger charge is -2.33. The zero-order valence-electron chi connectivity index (χ0n) is 19.5. The molecule has 1 aromatic carbocycles. The smallest absolute Gasteiger partial charge is 0.341 e. The molecule has 10 heteroatoms. The van der Waals surface area contributed by atoms with E-state index in [1.165, 1.54) is 12.1 Å². The minimum absolute atomic E-state index is 0.00706. The zero-order chi connectivity index (χ0) is 24.7. The van der Waals surface area contributed by atoms with E-state index in [1.54, 1.807) is 22.1 Å². The summed E-state index contributed by atoms with van der Waals surface area (Å²) in [4.78, 5) is 29.0. The van der Waals surface area contributed by atoms with E-state index in [9.17, 15) is 22.8 Å². The second-order valence-corrected chi connectivity index (χ2v) is 9.72. The lowest BCUT2D eigenvalue weighted by atomic mass is 9.97. The van der Waals surface area contributed by atoms with Crippen LogP contribution >= 0.6 is 0 Å². The Kier molecular flexibility index (Phi) is 6.33. The third kappa shape index (κ3) is 4.55. The Hall–Kier alpha value is -2.88. The number of likely N-dealkylation sites (tertiary alicyclic amines) is 2. The molecule has 188 valence electrons. The Morgan fingerprint density at radius 3 is 2.40 bits per heavy atom. The number of carbonyl (C=O) groups excluding carboxylic acids is 2. The maximum absolute atomic E-state index is 13.7. The standard InChI is InChI=1S/C25H30F3N5O2/c26-25(27,28)20-5-2-1-4-18(20)21-6-3-11-32(21)24(35)19-15-30-33(23(19)16-7-8-16)17-9-12-31(13-10-17)22(34)14-29/h1-2,4-5,15-17,21H,3,6-14,29H2. The van der Waals surface area contributed by atoms with E-state index in [4.69, 9.17) is 5.73 Å². The van der Waals surface area contributed by atoms with Crippen LogP contribution in [0.5, 0.6) is 0 Å². The molecule has 1 aliphatic carbocycles. The van der Waals surface area contributed by atoms with Gasteiger partial charge in [-0.2, -0.15) is 18.3 Å². The number of hydrogen-bond donors (Lipinski definition) is 1. The molecule has 1 atom stereocenters. The Morgan fingerprint density at radius 2 is 1.74 bits per heavy atom. The van der Waals surface area contributed by atoms with E-state index in [0.29, 0.717) is 38.0 Å². The summed E-state index contributed by atoms with van der Waals surface area (Å²) in [6.45, 7) is 1.60. The molecule has 2 aromatic rings. The van der Waals surface area contributed by atoms with Crippen molar-refractivity contribution in [1.82, 2.24) is 19.6 Å². The van der Waals surface area contributed by atoms with Crippen LogP contribution in [0.2, 0.25) is 0 Å². The summed E-state index contributed by atoms with van der Waals surface area (Å²) in [5.41, 5.74) is 6.37. The van der Waals surface area contributed by atoms with Gasteiger partial charge in [-0.05, 0) is 50.2 Å². The van der Waals surface area contributed by atoms with Crippen molar-refractivity contribution >= 4 is 11.8 Å². The largest absolute Gasteiger partial charge is 0.416 e. The van der Waals surface area contributed by atoms with E-state index < -0.39 is 17.8 Å². The zero-order valence-corrected chi connectivity index (χ0v) is 19.5. The first-order valence-corrected chi connectivity index (χ1v) is 12.3. The van der Waals surface area contributed by atoms with Gasteiger partial charge in [0, 0.05) is 25.6 Å². The highest BCUT2D eigenvalue weighted by Crippen LogP contribution is 2.45. The van der Waals surface area contributed by atoms with E-state index in [0.717, 1.165) is 37.4 Å². The molecular formula is C25H30F3N5O2. The summed E-state index contributed by atoms with van der Waals surface area (Å²) >= 11 is 0. The summed E-state index contributed by atoms with van der Waals surface area (Å²) in [6.07, 6.45) is 1.67. The van der Waals surface area contributed by atoms with Gasteiger partial charge in [-0.1, -0.05) is 18.2 Å². The van der Waals surface area contributed by atoms with Gasteiger partial charge in [-0.15, -0.1) is 0 Å². The summed E-state index contributed by atoms with van der Waals surface area (Å²) in [7, 11) is 0. The van der Waals surface area contributed by atoms with Crippen LogP contribution in [0.25, 0.3) is 0 Å². The monoisotopic (exact) mass is 489 g/mol. The van der Waals surface area contributed by atoms with Crippen molar-refractivity contribution in [1.29, 1.82) is 0 Å². The molecule has 3 aliphatic rings. The number of benzene rings is 1. The number of piperidine rings is 1. The summed E-state index contributed by atoms with van der Waals surface area (Å²) in [5, 5.41) is 4.60. The second kappa shape index (κ2) is 9.29. The Labute approximate surface area is 202 Å². The van der Waals surface area contributed by atoms with Gasteiger partial charge < -0.3 is 15.5 Å². The maximum Gasteiger partial charge on any atom is 0.416 e. The molecule has 0 bridgehead atoms. The highest BCUT2D eigenvalue weighted by atomic mass is 19.4. The van der Waals surface area contributed by atoms with Crippen LogP contribution in [-0.2, 0) is 11.0 Å². The lowest BCUT2D eigenvalue weighted by Crippen LogP contribution is -2.42. The predicted octanol–water partition coefficient (Wildman–Crippen LogP) is 3.88. The highest BCUT2D eigenvalue weighted by molar-refractivity contribution is 5.96. The topological polar surface area (TPSA) is 84.5 Å². The van der Waals surface area contributed by atoms with Crippen molar-refractivity contribution in [2.75, 3.05) is 26.2 Å². The van der Waals surface area contributed by atoms with Crippen molar-refractivity contribution in [2.45, 2.75) is 62.7 Å². The molecule has 5 rings (SSSR count). The minimum atomic E-state index is -4.47. The van der Waals surface area contributed by atoms with Crippen LogP contribution in [0.15, 0.2) is 30.5 Å². The summed E-state index contributed by atoms with van der Waals surface area (Å²) in [5.74, 6) is -0.0709. The SMILES string of the molecule is NCC(=O)N1CCC(n2ncc(C(=O)N3CCCC3c3ccccc3C(F)(F)F)c2C2CC2)CC1. The summed E-state index contributed by atoms with van der Waals surface area (Å²) in [6, 6.07) is 5.03. The minimum Gasteiger partial charge on any atom is -0.341 e. The van der Waals surface area contributed by atoms with Crippen LogP contribution in [0.4, 0.5) is 13.2 Å². The number of hydrogen-bond acceptors (Lipinski definition) is 4. The fraction of sp³-hybridized carbons (Fsp3) is 0.560. The van der Waals surface area contributed by atoms with Crippen LogP contribution < -0.4 is 5.73 Å². The molecule has 1 aromatic heterocycles. The predicted molar refractivity (Wildman–Crippen MR) is 123 cm³/mol. The van der Waals surface area contributed by atoms with Crippen molar-refractivity contribution in [3.8, 4) is 0 Å². The quantitative estimate of drug-likeness (QED) is 0.691. The van der Waals surface area contributed by atoms with Gasteiger partial charge in [0.2, 0.25) is 5.91 Å². The third-order valence-electron chi connectivity index (χ3n) is 7.50. The number of rotatable bonds is 5. The number of nitrogens with zero attached hydrogens (tertiary/aromatic N) is 4. The molecule has 35 heavy (non-hydrogen) atoms. The lowest BCUT2D eigenvalue weighted by molar-refractivity contribution is -0.138. The van der Waals surface area contributed by atoms with Gasteiger partial charge in [-0.3, -0.25) is 14.3 Å². The van der Waals surface area contributed by atoms with Gasteiger partial charge >= 0.3 is 6.18 Å². The van der Waals surface area contributed by atoms with Crippen molar-refractivity contribution in [3.05, 3.63) is 52.8 Å². The molecule has 2 aliphatic heterocycles. The molecule has 0 radical (unpaired) electrons. The molecule has 7 nitrogen and oxygen atoms in total. The number of aromatic nitrogens is 2. The first kappa shape index (κ1) is 23.8. The number of nitrogens with two attached hydrogens (primary N) is 1. The van der Waals surface area contributed by atoms with Crippen LogP contribution in [0.1, 0.15) is 83.7 Å². The van der Waals surface area contributed by atoms with Crippen molar-refractivity contribution in [2.24, 2.45) is 5.73 Å². The molecule has 3 fully saturated rings. The molecule has 0 spiro atoms. The van der Waals surface area contributed by atoms with E-state index in [-0.39, 0.29) is 35.9 Å². The number of halogens is 3. The number of amides is 2. The third-order valence-corrected chi connectivity index (χ3v) is 7.50. The molecule has 2 saturated heterocycles. The van der Waals surface area contributed by atoms with Gasteiger partial charge in [-0.25, -0.2) is 0 Å². The van der Waals surface area contributed by atoms with Crippen LogP contribution in [-0.4, -0.2) is 57.6 Å².